The molecule has 0 fully saturated rings. The van der Waals surface area contributed by atoms with E-state index in [1.807, 2.05) is 6.07 Å². The first kappa shape index (κ1) is 17.0. The van der Waals surface area contributed by atoms with Crippen LogP contribution in [0.4, 0.5) is 0 Å². The predicted molar refractivity (Wildman–Crippen MR) is 85.5 cm³/mol. The van der Waals surface area contributed by atoms with Gasteiger partial charge in [-0.1, -0.05) is 51.7 Å². The summed E-state index contributed by atoms with van der Waals surface area (Å²) >= 11 is 0. The van der Waals surface area contributed by atoms with Crippen molar-refractivity contribution in [3.8, 4) is 5.75 Å². The molecular weight excluding hydrogens is 248 g/mol. The zero-order chi connectivity index (χ0) is 14.6. The molecule has 0 aromatic heterocycles. The van der Waals surface area contributed by atoms with Crippen molar-refractivity contribution < 1.29 is 9.84 Å². The molecule has 1 rings (SSSR count). The van der Waals surface area contributed by atoms with Crippen molar-refractivity contribution in [1.29, 1.82) is 0 Å². The fourth-order valence-corrected chi connectivity index (χ4v) is 2.54. The van der Waals surface area contributed by atoms with Gasteiger partial charge in [-0.15, -0.1) is 0 Å². The van der Waals surface area contributed by atoms with Crippen molar-refractivity contribution in [3.05, 3.63) is 29.3 Å². The van der Waals surface area contributed by atoms with Gasteiger partial charge in [-0.25, -0.2) is 0 Å². The summed E-state index contributed by atoms with van der Waals surface area (Å²) in [5, 5.41) is 8.95. The summed E-state index contributed by atoms with van der Waals surface area (Å²) in [4.78, 5) is 0. The standard InChI is InChI=1S/C18H30O2/c1-3-5-7-10-16-11-9-13-18(20-15-14-19)17(16)12-8-6-4-2/h9,11,13,19H,3-8,10,12,14-15H2,1-2H3. The lowest BCUT2D eigenvalue weighted by Crippen LogP contribution is -2.06. The third kappa shape index (κ3) is 5.96. The summed E-state index contributed by atoms with van der Waals surface area (Å²) in [6.07, 6.45) is 9.76. The maximum atomic E-state index is 8.95. The third-order valence-electron chi connectivity index (χ3n) is 3.66. The Morgan fingerprint density at radius 1 is 0.950 bits per heavy atom. The summed E-state index contributed by atoms with van der Waals surface area (Å²) in [5.74, 6) is 0.976. The highest BCUT2D eigenvalue weighted by Crippen LogP contribution is 2.26. The van der Waals surface area contributed by atoms with Crippen LogP contribution in [0, 0.1) is 0 Å². The summed E-state index contributed by atoms with van der Waals surface area (Å²) in [7, 11) is 0. The van der Waals surface area contributed by atoms with Crippen molar-refractivity contribution >= 4 is 0 Å². The molecule has 0 amide bonds. The summed E-state index contributed by atoms with van der Waals surface area (Å²) in [6, 6.07) is 6.36. The van der Waals surface area contributed by atoms with Crippen LogP contribution in [0.3, 0.4) is 0 Å². The molecule has 0 radical (unpaired) electrons. The lowest BCUT2D eigenvalue weighted by Gasteiger charge is -2.15. The van der Waals surface area contributed by atoms with E-state index in [9.17, 15) is 0 Å². The number of benzene rings is 1. The number of rotatable bonds is 11. The molecule has 0 saturated carbocycles. The van der Waals surface area contributed by atoms with Crippen LogP contribution in [0.25, 0.3) is 0 Å². The Morgan fingerprint density at radius 3 is 2.30 bits per heavy atom. The monoisotopic (exact) mass is 278 g/mol. The maximum Gasteiger partial charge on any atom is 0.122 e. The van der Waals surface area contributed by atoms with Crippen molar-refractivity contribution in [3.63, 3.8) is 0 Å². The minimum Gasteiger partial charge on any atom is -0.491 e. The molecule has 2 heteroatoms. The third-order valence-corrected chi connectivity index (χ3v) is 3.66. The van der Waals surface area contributed by atoms with E-state index in [-0.39, 0.29) is 6.61 Å². The van der Waals surface area contributed by atoms with E-state index in [0.717, 1.165) is 18.6 Å². The molecule has 0 atom stereocenters. The molecule has 1 N–H and O–H groups in total. The molecule has 0 heterocycles. The van der Waals surface area contributed by atoms with Gasteiger partial charge in [-0.05, 0) is 42.9 Å². The molecule has 0 bridgehead atoms. The van der Waals surface area contributed by atoms with Crippen LogP contribution in [0.2, 0.25) is 0 Å². The van der Waals surface area contributed by atoms with Crippen molar-refractivity contribution in [2.24, 2.45) is 0 Å². The molecule has 0 aliphatic heterocycles. The molecule has 114 valence electrons. The highest BCUT2D eigenvalue weighted by molar-refractivity contribution is 5.40. The number of aliphatic hydroxyl groups is 1. The summed E-state index contributed by atoms with van der Waals surface area (Å²) in [6.45, 7) is 4.94. The number of ether oxygens (including phenoxy) is 1. The van der Waals surface area contributed by atoms with Gasteiger partial charge < -0.3 is 9.84 Å². The molecule has 0 aliphatic rings. The Kier molecular flexibility index (Phi) is 9.14. The number of unbranched alkanes of at least 4 members (excludes halogenated alkanes) is 4. The van der Waals surface area contributed by atoms with E-state index in [1.165, 1.54) is 49.7 Å². The second kappa shape index (κ2) is 10.7. The molecule has 0 aliphatic carbocycles. The fourth-order valence-electron chi connectivity index (χ4n) is 2.54. The molecule has 1 aromatic carbocycles. The number of aryl methyl sites for hydroxylation is 1. The summed E-state index contributed by atoms with van der Waals surface area (Å²) < 4.78 is 5.71. The molecule has 20 heavy (non-hydrogen) atoms. The van der Waals surface area contributed by atoms with Crippen LogP contribution < -0.4 is 4.74 Å². The maximum absolute atomic E-state index is 8.95. The highest BCUT2D eigenvalue weighted by Gasteiger charge is 2.09. The van der Waals surface area contributed by atoms with Crippen molar-refractivity contribution in [2.75, 3.05) is 13.2 Å². The number of hydrogen-bond donors (Lipinski definition) is 1. The second-order valence-electron chi connectivity index (χ2n) is 5.38. The second-order valence-corrected chi connectivity index (χ2v) is 5.38. The predicted octanol–water partition coefficient (Wildman–Crippen LogP) is 4.52. The number of aliphatic hydroxyl groups excluding tert-OH is 1. The molecular formula is C18H30O2. The van der Waals surface area contributed by atoms with Crippen LogP contribution >= 0.6 is 0 Å². The number of hydrogen-bond acceptors (Lipinski definition) is 2. The van der Waals surface area contributed by atoms with E-state index in [2.05, 4.69) is 26.0 Å². The molecule has 0 saturated heterocycles. The Labute approximate surface area is 124 Å². The molecule has 2 nitrogen and oxygen atoms in total. The molecule has 1 aromatic rings. The molecule has 0 unspecified atom stereocenters. The van der Waals surface area contributed by atoms with Crippen molar-refractivity contribution in [2.45, 2.75) is 65.2 Å². The first-order chi connectivity index (χ1) is 9.83. The van der Waals surface area contributed by atoms with E-state index >= 15 is 0 Å². The Bertz CT molecular complexity index is 360. The van der Waals surface area contributed by atoms with Crippen LogP contribution in [-0.2, 0) is 12.8 Å². The zero-order valence-electron chi connectivity index (χ0n) is 13.2. The van der Waals surface area contributed by atoms with Gasteiger partial charge in [-0.2, -0.15) is 0 Å². The Morgan fingerprint density at radius 2 is 1.65 bits per heavy atom. The lowest BCUT2D eigenvalue weighted by molar-refractivity contribution is 0.200. The topological polar surface area (TPSA) is 29.5 Å². The van der Waals surface area contributed by atoms with Gasteiger partial charge in [0.1, 0.15) is 12.4 Å². The average molecular weight is 278 g/mol. The van der Waals surface area contributed by atoms with Crippen LogP contribution in [0.15, 0.2) is 18.2 Å². The van der Waals surface area contributed by atoms with E-state index in [1.54, 1.807) is 0 Å². The smallest absolute Gasteiger partial charge is 0.122 e. The highest BCUT2D eigenvalue weighted by atomic mass is 16.5. The first-order valence-electron chi connectivity index (χ1n) is 8.17. The fraction of sp³-hybridized carbons (Fsp3) is 0.667. The normalized spacial score (nSPS) is 10.8. The van der Waals surface area contributed by atoms with Gasteiger partial charge >= 0.3 is 0 Å². The van der Waals surface area contributed by atoms with Crippen LogP contribution in [0.5, 0.6) is 5.75 Å². The van der Waals surface area contributed by atoms with E-state index in [4.69, 9.17) is 9.84 Å². The van der Waals surface area contributed by atoms with E-state index < -0.39 is 0 Å². The van der Waals surface area contributed by atoms with Gasteiger partial charge in [0.05, 0.1) is 6.61 Å². The van der Waals surface area contributed by atoms with Gasteiger partial charge in [-0.3, -0.25) is 0 Å². The lowest BCUT2D eigenvalue weighted by atomic mass is 9.96. The first-order valence-corrected chi connectivity index (χ1v) is 8.17. The van der Waals surface area contributed by atoms with Gasteiger partial charge in [0.2, 0.25) is 0 Å². The van der Waals surface area contributed by atoms with E-state index in [0.29, 0.717) is 6.61 Å². The SMILES string of the molecule is CCCCCc1cccc(OCCO)c1CCCCC. The van der Waals surface area contributed by atoms with Gasteiger partial charge in [0.25, 0.3) is 0 Å². The quantitative estimate of drug-likeness (QED) is 0.603. The van der Waals surface area contributed by atoms with Crippen LogP contribution in [0.1, 0.15) is 63.5 Å². The Hall–Kier alpha value is -1.02. The summed E-state index contributed by atoms with van der Waals surface area (Å²) in [5.41, 5.74) is 2.80. The molecule has 0 spiro atoms. The average Bonchev–Trinajstić information content (AvgIpc) is 2.47. The van der Waals surface area contributed by atoms with Crippen LogP contribution in [-0.4, -0.2) is 18.3 Å². The minimum absolute atomic E-state index is 0.0778. The van der Waals surface area contributed by atoms with Gasteiger partial charge in [0, 0.05) is 0 Å². The minimum atomic E-state index is 0.0778. The Balaban J connectivity index is 2.77. The van der Waals surface area contributed by atoms with Gasteiger partial charge in [0.15, 0.2) is 0 Å². The van der Waals surface area contributed by atoms with Crippen molar-refractivity contribution in [1.82, 2.24) is 0 Å². The zero-order valence-corrected chi connectivity index (χ0v) is 13.2. The largest absolute Gasteiger partial charge is 0.491 e.